The Kier molecular flexibility index (Phi) is 4.59. The zero-order chi connectivity index (χ0) is 18.9. The number of imidazole rings is 1. The number of rotatable bonds is 5. The molecule has 0 fully saturated rings. The van der Waals surface area contributed by atoms with Crippen molar-refractivity contribution >= 4 is 21.6 Å². The first-order chi connectivity index (χ1) is 13.1. The first-order valence-electron chi connectivity index (χ1n) is 8.27. The van der Waals surface area contributed by atoms with Crippen LogP contribution in [0.1, 0.15) is 17.2 Å². The van der Waals surface area contributed by atoms with E-state index in [4.69, 9.17) is 11.6 Å². The Balaban J connectivity index is 1.78. The maximum atomic E-state index is 12.9. The van der Waals surface area contributed by atoms with Gasteiger partial charge in [0.05, 0.1) is 17.3 Å². The van der Waals surface area contributed by atoms with E-state index in [1.165, 1.54) is 3.97 Å². The molecule has 0 spiro atoms. The smallest absolute Gasteiger partial charge is 0.267 e. The van der Waals surface area contributed by atoms with Crippen LogP contribution in [0, 0.1) is 0 Å². The number of benzene rings is 2. The van der Waals surface area contributed by atoms with E-state index in [0.29, 0.717) is 5.02 Å². The minimum atomic E-state index is -3.64. The van der Waals surface area contributed by atoms with Crippen LogP contribution in [0.25, 0.3) is 0 Å². The Morgan fingerprint density at radius 3 is 2.30 bits per heavy atom. The summed E-state index contributed by atoms with van der Waals surface area (Å²) in [5, 5.41) is 0.646. The van der Waals surface area contributed by atoms with Crippen LogP contribution in [0.3, 0.4) is 0 Å². The van der Waals surface area contributed by atoms with Gasteiger partial charge in [0.15, 0.2) is 0 Å². The van der Waals surface area contributed by atoms with Crippen molar-refractivity contribution in [3.8, 4) is 0 Å². The summed E-state index contributed by atoms with van der Waals surface area (Å²) in [6.45, 7) is 0. The predicted octanol–water partition coefficient (Wildman–Crippen LogP) is 4.21. The molecule has 0 aliphatic rings. The van der Waals surface area contributed by atoms with E-state index in [9.17, 15) is 8.42 Å². The number of hydrogen-bond donors (Lipinski definition) is 0. The molecule has 0 radical (unpaired) electrons. The highest BCUT2D eigenvalue weighted by molar-refractivity contribution is 7.90. The van der Waals surface area contributed by atoms with Gasteiger partial charge in [0.1, 0.15) is 0 Å². The van der Waals surface area contributed by atoms with E-state index in [0.717, 1.165) is 11.1 Å². The van der Waals surface area contributed by atoms with E-state index in [2.05, 4.69) is 4.98 Å². The van der Waals surface area contributed by atoms with E-state index in [1.54, 1.807) is 61.3 Å². The van der Waals surface area contributed by atoms with Crippen molar-refractivity contribution in [1.29, 1.82) is 0 Å². The number of aromatic nitrogens is 3. The van der Waals surface area contributed by atoms with Gasteiger partial charge in [0, 0.05) is 29.8 Å². The van der Waals surface area contributed by atoms with Crippen LogP contribution < -0.4 is 0 Å². The van der Waals surface area contributed by atoms with Crippen LogP contribution in [-0.2, 0) is 10.0 Å². The Morgan fingerprint density at radius 1 is 0.889 bits per heavy atom. The fraction of sp³-hybridized carbons (Fsp3) is 0.0500. The molecule has 0 saturated carbocycles. The Morgan fingerprint density at radius 2 is 1.63 bits per heavy atom. The minimum Gasteiger partial charge on any atom is -0.326 e. The van der Waals surface area contributed by atoms with Crippen molar-refractivity contribution in [2.75, 3.05) is 0 Å². The fourth-order valence-corrected chi connectivity index (χ4v) is 4.37. The van der Waals surface area contributed by atoms with Gasteiger partial charge in [-0.25, -0.2) is 17.4 Å². The fourth-order valence-electron chi connectivity index (χ4n) is 3.02. The second-order valence-electron chi connectivity index (χ2n) is 6.06. The monoisotopic (exact) mass is 397 g/mol. The van der Waals surface area contributed by atoms with Gasteiger partial charge >= 0.3 is 0 Å². The highest BCUT2D eigenvalue weighted by atomic mass is 35.5. The van der Waals surface area contributed by atoms with Gasteiger partial charge < -0.3 is 4.57 Å². The molecule has 136 valence electrons. The molecule has 1 atom stereocenters. The van der Waals surface area contributed by atoms with E-state index in [-0.39, 0.29) is 10.9 Å². The molecule has 0 aliphatic heterocycles. The summed E-state index contributed by atoms with van der Waals surface area (Å²) in [4.78, 5) is 4.37. The van der Waals surface area contributed by atoms with Crippen LogP contribution in [0.15, 0.2) is 96.7 Å². The molecule has 5 nitrogen and oxygen atoms in total. The van der Waals surface area contributed by atoms with Gasteiger partial charge in [0.25, 0.3) is 10.0 Å². The van der Waals surface area contributed by atoms with Crippen LogP contribution >= 0.6 is 11.6 Å². The summed E-state index contributed by atoms with van der Waals surface area (Å²) in [6.07, 6.45) is 8.46. The van der Waals surface area contributed by atoms with Crippen molar-refractivity contribution < 1.29 is 8.42 Å². The van der Waals surface area contributed by atoms with Crippen LogP contribution in [0.5, 0.6) is 0 Å². The molecule has 4 aromatic rings. The SMILES string of the molecule is O=S(=O)(c1ccccc1)n1ccc(C(c2ccc(Cl)cc2)n2ccnc2)c1. The lowest BCUT2D eigenvalue weighted by Crippen LogP contribution is -2.12. The van der Waals surface area contributed by atoms with Crippen LogP contribution in [0.2, 0.25) is 5.02 Å². The van der Waals surface area contributed by atoms with Crippen molar-refractivity contribution in [2.24, 2.45) is 0 Å². The molecular weight excluding hydrogens is 382 g/mol. The van der Waals surface area contributed by atoms with Crippen molar-refractivity contribution in [2.45, 2.75) is 10.9 Å². The van der Waals surface area contributed by atoms with Gasteiger partial charge in [-0.3, -0.25) is 0 Å². The summed E-state index contributed by atoms with van der Waals surface area (Å²) >= 11 is 6.02. The lowest BCUT2D eigenvalue weighted by Gasteiger charge is -2.18. The third-order valence-corrected chi connectivity index (χ3v) is 6.24. The zero-order valence-corrected chi connectivity index (χ0v) is 15.8. The van der Waals surface area contributed by atoms with E-state index >= 15 is 0 Å². The standard InChI is InChI=1S/C20H16ClN3O2S/c21-18-8-6-16(7-9-18)20(23-13-11-22-15-23)17-10-12-24(14-17)27(25,26)19-4-2-1-3-5-19/h1-15,20H. The average Bonchev–Trinajstić information content (AvgIpc) is 3.37. The van der Waals surface area contributed by atoms with Gasteiger partial charge in [-0.1, -0.05) is 41.9 Å². The zero-order valence-electron chi connectivity index (χ0n) is 14.2. The third kappa shape index (κ3) is 3.41. The molecule has 0 aliphatic carbocycles. The number of nitrogens with zero attached hydrogens (tertiary/aromatic N) is 3. The van der Waals surface area contributed by atoms with Gasteiger partial charge in [-0.15, -0.1) is 0 Å². The molecule has 2 aromatic carbocycles. The first-order valence-corrected chi connectivity index (χ1v) is 10.1. The quantitative estimate of drug-likeness (QED) is 0.506. The van der Waals surface area contributed by atoms with Crippen molar-refractivity contribution in [3.63, 3.8) is 0 Å². The average molecular weight is 398 g/mol. The van der Waals surface area contributed by atoms with Crippen LogP contribution in [0.4, 0.5) is 0 Å². The lowest BCUT2D eigenvalue weighted by atomic mass is 10.0. The minimum absolute atomic E-state index is 0.211. The van der Waals surface area contributed by atoms with Crippen molar-refractivity contribution in [3.05, 3.63) is 108 Å². The molecule has 2 aromatic heterocycles. The summed E-state index contributed by atoms with van der Waals surface area (Å²) in [7, 11) is -3.64. The summed E-state index contributed by atoms with van der Waals surface area (Å²) in [5.74, 6) is 0. The Hall–Kier alpha value is -2.83. The Labute approximate surface area is 162 Å². The van der Waals surface area contributed by atoms with E-state index < -0.39 is 10.0 Å². The van der Waals surface area contributed by atoms with Gasteiger partial charge in [-0.2, -0.15) is 0 Å². The first kappa shape index (κ1) is 17.6. The lowest BCUT2D eigenvalue weighted by molar-refractivity contribution is 0.587. The predicted molar refractivity (Wildman–Crippen MR) is 104 cm³/mol. The maximum Gasteiger partial charge on any atom is 0.267 e. The Bertz CT molecular complexity index is 1140. The highest BCUT2D eigenvalue weighted by Crippen LogP contribution is 2.29. The normalized spacial score (nSPS) is 12.8. The molecular formula is C20H16ClN3O2S. The largest absolute Gasteiger partial charge is 0.326 e. The third-order valence-electron chi connectivity index (χ3n) is 4.33. The second kappa shape index (κ2) is 7.06. The summed E-state index contributed by atoms with van der Waals surface area (Å²) < 4.78 is 28.9. The molecule has 0 amide bonds. The van der Waals surface area contributed by atoms with Gasteiger partial charge in [-0.05, 0) is 41.5 Å². The molecule has 0 N–H and O–H groups in total. The molecule has 27 heavy (non-hydrogen) atoms. The summed E-state index contributed by atoms with van der Waals surface area (Å²) in [6, 6.07) is 17.5. The van der Waals surface area contributed by atoms with E-state index in [1.807, 2.05) is 35.0 Å². The topological polar surface area (TPSA) is 56.9 Å². The molecule has 0 saturated heterocycles. The molecule has 1 unspecified atom stereocenters. The molecule has 7 heteroatoms. The number of hydrogen-bond acceptors (Lipinski definition) is 3. The molecule has 4 rings (SSSR count). The highest BCUT2D eigenvalue weighted by Gasteiger charge is 2.21. The van der Waals surface area contributed by atoms with Crippen LogP contribution in [-0.4, -0.2) is 21.9 Å². The number of halogens is 1. The molecule has 0 bridgehead atoms. The maximum absolute atomic E-state index is 12.9. The second-order valence-corrected chi connectivity index (χ2v) is 8.34. The van der Waals surface area contributed by atoms with Gasteiger partial charge in [0.2, 0.25) is 0 Å². The summed E-state index contributed by atoms with van der Waals surface area (Å²) in [5.41, 5.74) is 1.81. The molecule has 2 heterocycles. The van der Waals surface area contributed by atoms with Crippen molar-refractivity contribution in [1.82, 2.24) is 13.5 Å².